The second-order valence-electron chi connectivity index (χ2n) is 3.31. The van der Waals surface area contributed by atoms with E-state index in [2.05, 4.69) is 6.92 Å². The molecular formula is C9H18O2. The highest BCUT2D eigenvalue weighted by Gasteiger charge is 2.57. The second-order valence-corrected chi connectivity index (χ2v) is 3.31. The molecular weight excluding hydrogens is 140 g/mol. The minimum absolute atomic E-state index is 0.0671. The zero-order chi connectivity index (χ0) is 8.48. The summed E-state index contributed by atoms with van der Waals surface area (Å²) in [4.78, 5) is 0. The van der Waals surface area contributed by atoms with Gasteiger partial charge in [-0.05, 0) is 26.2 Å². The van der Waals surface area contributed by atoms with Crippen molar-refractivity contribution in [1.82, 2.24) is 0 Å². The zero-order valence-electron chi connectivity index (χ0n) is 7.63. The summed E-state index contributed by atoms with van der Waals surface area (Å²) in [6, 6.07) is 0. The van der Waals surface area contributed by atoms with Crippen LogP contribution in [0.15, 0.2) is 0 Å². The van der Waals surface area contributed by atoms with E-state index in [-0.39, 0.29) is 17.8 Å². The van der Waals surface area contributed by atoms with E-state index in [9.17, 15) is 5.11 Å². The van der Waals surface area contributed by atoms with Crippen LogP contribution in [-0.4, -0.2) is 22.9 Å². The number of aliphatic hydroxyl groups excluding tert-OH is 1. The summed E-state index contributed by atoms with van der Waals surface area (Å²) in [5.41, 5.74) is 0.0671. The Balaban J connectivity index is 0.000000281. The highest BCUT2D eigenvalue weighted by atomic mass is 16.6. The predicted molar refractivity (Wildman–Crippen MR) is 44.5 cm³/mol. The van der Waals surface area contributed by atoms with Crippen LogP contribution in [0, 0.1) is 0 Å². The maximum atomic E-state index is 9.26. The summed E-state index contributed by atoms with van der Waals surface area (Å²) in [6.45, 7) is 6.08. The number of epoxide rings is 1. The van der Waals surface area contributed by atoms with Crippen LogP contribution in [0.2, 0.25) is 0 Å². The van der Waals surface area contributed by atoms with Crippen molar-refractivity contribution in [2.24, 2.45) is 0 Å². The molecule has 0 bridgehead atoms. The average Bonchev–Trinajstić information content (AvgIpc) is 2.68. The van der Waals surface area contributed by atoms with Crippen LogP contribution in [0.4, 0.5) is 0 Å². The zero-order valence-corrected chi connectivity index (χ0v) is 7.63. The maximum absolute atomic E-state index is 9.26. The number of aliphatic hydroxyl groups is 1. The third kappa shape index (κ3) is 1.57. The van der Waals surface area contributed by atoms with E-state index in [4.69, 9.17) is 4.74 Å². The Hall–Kier alpha value is -0.0800. The van der Waals surface area contributed by atoms with Gasteiger partial charge in [0.15, 0.2) is 0 Å². The summed E-state index contributed by atoms with van der Waals surface area (Å²) in [5, 5.41) is 9.26. The van der Waals surface area contributed by atoms with Crippen molar-refractivity contribution in [3.05, 3.63) is 0 Å². The van der Waals surface area contributed by atoms with Crippen molar-refractivity contribution >= 4 is 0 Å². The van der Waals surface area contributed by atoms with Gasteiger partial charge in [0.1, 0.15) is 6.10 Å². The molecule has 1 N–H and O–H groups in total. The molecule has 0 amide bonds. The highest BCUT2D eigenvalue weighted by Crippen LogP contribution is 2.47. The van der Waals surface area contributed by atoms with Crippen LogP contribution >= 0.6 is 0 Å². The average molecular weight is 158 g/mol. The van der Waals surface area contributed by atoms with Crippen LogP contribution < -0.4 is 0 Å². The molecule has 0 spiro atoms. The third-order valence-corrected chi connectivity index (χ3v) is 2.46. The quantitative estimate of drug-likeness (QED) is 0.544. The summed E-state index contributed by atoms with van der Waals surface area (Å²) in [5.74, 6) is 0. The fourth-order valence-electron chi connectivity index (χ4n) is 1.76. The molecule has 1 saturated heterocycles. The molecule has 1 aliphatic carbocycles. The molecule has 3 unspecified atom stereocenters. The maximum Gasteiger partial charge on any atom is 0.113 e. The molecule has 1 aliphatic heterocycles. The van der Waals surface area contributed by atoms with E-state index in [0.717, 1.165) is 19.3 Å². The molecule has 11 heavy (non-hydrogen) atoms. The van der Waals surface area contributed by atoms with Crippen LogP contribution in [0.3, 0.4) is 0 Å². The molecule has 2 aliphatic rings. The summed E-state index contributed by atoms with van der Waals surface area (Å²) in [7, 11) is 0. The van der Waals surface area contributed by atoms with Gasteiger partial charge in [-0.15, -0.1) is 0 Å². The molecule has 2 fully saturated rings. The Morgan fingerprint density at radius 3 is 2.55 bits per heavy atom. The van der Waals surface area contributed by atoms with Crippen LogP contribution in [0.1, 0.15) is 40.0 Å². The van der Waals surface area contributed by atoms with E-state index in [1.54, 1.807) is 0 Å². The first-order valence-electron chi connectivity index (χ1n) is 4.58. The first-order chi connectivity index (χ1) is 5.22. The van der Waals surface area contributed by atoms with Crippen LogP contribution in [-0.2, 0) is 4.74 Å². The monoisotopic (exact) mass is 158 g/mol. The number of fused-ring (bicyclic) bond motifs is 1. The molecule has 2 heteroatoms. The van der Waals surface area contributed by atoms with Gasteiger partial charge in [-0.2, -0.15) is 0 Å². The molecule has 0 aromatic heterocycles. The van der Waals surface area contributed by atoms with Gasteiger partial charge >= 0.3 is 0 Å². The van der Waals surface area contributed by atoms with Crippen LogP contribution in [0.25, 0.3) is 0 Å². The predicted octanol–water partition coefficient (Wildman–Crippen LogP) is 1.71. The van der Waals surface area contributed by atoms with Gasteiger partial charge < -0.3 is 9.84 Å². The fourth-order valence-corrected chi connectivity index (χ4v) is 1.76. The highest BCUT2D eigenvalue weighted by molar-refractivity contribution is 5.05. The van der Waals surface area contributed by atoms with E-state index in [1.807, 2.05) is 13.8 Å². The van der Waals surface area contributed by atoms with E-state index >= 15 is 0 Å². The van der Waals surface area contributed by atoms with Crippen molar-refractivity contribution in [2.45, 2.75) is 57.8 Å². The summed E-state index contributed by atoms with van der Waals surface area (Å²) in [6.07, 6.45) is 3.18. The molecule has 0 aromatic rings. The lowest BCUT2D eigenvalue weighted by Gasteiger charge is -2.16. The summed E-state index contributed by atoms with van der Waals surface area (Å²) < 4.78 is 5.33. The van der Waals surface area contributed by atoms with Crippen molar-refractivity contribution in [1.29, 1.82) is 0 Å². The number of rotatable bonds is 0. The Kier molecular flexibility index (Phi) is 2.55. The molecule has 1 saturated carbocycles. The molecule has 0 aromatic carbocycles. The van der Waals surface area contributed by atoms with Gasteiger partial charge in [0.05, 0.1) is 11.7 Å². The Bertz CT molecular complexity index is 136. The number of hydrogen-bond donors (Lipinski definition) is 1. The third-order valence-electron chi connectivity index (χ3n) is 2.46. The van der Waals surface area contributed by atoms with Crippen molar-refractivity contribution in [3.8, 4) is 0 Å². The van der Waals surface area contributed by atoms with Gasteiger partial charge in [0.2, 0.25) is 0 Å². The number of hydrogen-bond acceptors (Lipinski definition) is 2. The smallest absolute Gasteiger partial charge is 0.113 e. The van der Waals surface area contributed by atoms with E-state index < -0.39 is 0 Å². The van der Waals surface area contributed by atoms with E-state index in [1.165, 1.54) is 0 Å². The summed E-state index contributed by atoms with van der Waals surface area (Å²) >= 11 is 0. The van der Waals surface area contributed by atoms with Gasteiger partial charge in [0, 0.05) is 0 Å². The normalized spacial score (nSPS) is 46.9. The van der Waals surface area contributed by atoms with E-state index in [0.29, 0.717) is 0 Å². The lowest BCUT2D eigenvalue weighted by Crippen LogP contribution is -2.27. The Morgan fingerprint density at radius 2 is 2.09 bits per heavy atom. The van der Waals surface area contributed by atoms with Crippen LogP contribution in [0.5, 0.6) is 0 Å². The van der Waals surface area contributed by atoms with Crippen molar-refractivity contribution in [2.75, 3.05) is 0 Å². The van der Waals surface area contributed by atoms with Gasteiger partial charge in [-0.3, -0.25) is 0 Å². The molecule has 2 nitrogen and oxygen atoms in total. The molecule has 2 rings (SSSR count). The second kappa shape index (κ2) is 3.11. The van der Waals surface area contributed by atoms with Crippen molar-refractivity contribution < 1.29 is 9.84 Å². The molecule has 1 heterocycles. The lowest BCUT2D eigenvalue weighted by molar-refractivity contribution is 0.123. The first kappa shape index (κ1) is 9.01. The standard InChI is InChI=1S/C7H12O2.C2H6/c1-7-4-2-3-5(8)6(7)9-7;1-2/h5-6,8H,2-4H2,1H3;1-2H3. The molecule has 0 radical (unpaired) electrons. The SMILES string of the molecule is CC.CC12CCCC(O)C1O2. The molecule has 66 valence electrons. The minimum Gasteiger partial charge on any atom is -0.390 e. The fraction of sp³-hybridized carbons (Fsp3) is 1.00. The topological polar surface area (TPSA) is 32.8 Å². The largest absolute Gasteiger partial charge is 0.390 e. The first-order valence-corrected chi connectivity index (χ1v) is 4.58. The number of ether oxygens (including phenoxy) is 1. The Morgan fingerprint density at radius 1 is 1.45 bits per heavy atom. The minimum atomic E-state index is -0.177. The Labute approximate surface area is 68.6 Å². The van der Waals surface area contributed by atoms with Gasteiger partial charge in [-0.25, -0.2) is 0 Å². The molecule has 3 atom stereocenters. The lowest BCUT2D eigenvalue weighted by atomic mass is 9.89. The van der Waals surface area contributed by atoms with Crippen molar-refractivity contribution in [3.63, 3.8) is 0 Å². The van der Waals surface area contributed by atoms with Gasteiger partial charge in [0.25, 0.3) is 0 Å². The van der Waals surface area contributed by atoms with Gasteiger partial charge in [-0.1, -0.05) is 13.8 Å².